The van der Waals surface area contributed by atoms with E-state index in [-0.39, 0.29) is 17.4 Å². The highest BCUT2D eigenvalue weighted by atomic mass is 16.2. The number of carbonyl (C=O) groups excluding carboxylic acids is 1. The molecular weight excluding hydrogens is 238 g/mol. The largest absolute Gasteiger partial charge is 0.353 e. The number of carbonyl (C=O) groups is 1. The van der Waals surface area contributed by atoms with Crippen LogP contribution in [-0.4, -0.2) is 44.0 Å². The van der Waals surface area contributed by atoms with Crippen LogP contribution in [0.25, 0.3) is 0 Å². The third kappa shape index (κ3) is 4.77. The summed E-state index contributed by atoms with van der Waals surface area (Å²) < 4.78 is 0. The second-order valence-electron chi connectivity index (χ2n) is 6.63. The van der Waals surface area contributed by atoms with E-state index in [0.717, 1.165) is 44.6 Å². The molecule has 19 heavy (non-hydrogen) atoms. The van der Waals surface area contributed by atoms with Crippen LogP contribution in [0.1, 0.15) is 46.0 Å². The highest BCUT2D eigenvalue weighted by Crippen LogP contribution is 2.38. The van der Waals surface area contributed by atoms with Gasteiger partial charge in [0.2, 0.25) is 5.91 Å². The molecule has 1 aliphatic carbocycles. The maximum absolute atomic E-state index is 12.5. The standard InChI is InChI=1S/C15H31N3O/c1-12-5-8-15(11-16,9-6-12)14(19)17-13(2)7-10-18(3)4/h12-13H,5-11,16H2,1-4H3,(H,17,19). The Morgan fingerprint density at radius 3 is 2.47 bits per heavy atom. The molecule has 4 heteroatoms. The number of nitrogens with two attached hydrogens (primary N) is 1. The van der Waals surface area contributed by atoms with Crippen LogP contribution in [0.15, 0.2) is 0 Å². The highest BCUT2D eigenvalue weighted by Gasteiger charge is 2.40. The van der Waals surface area contributed by atoms with Crippen molar-refractivity contribution in [2.24, 2.45) is 17.1 Å². The van der Waals surface area contributed by atoms with Gasteiger partial charge in [-0.3, -0.25) is 4.79 Å². The van der Waals surface area contributed by atoms with Crippen molar-refractivity contribution in [1.82, 2.24) is 10.2 Å². The van der Waals surface area contributed by atoms with Gasteiger partial charge in [-0.2, -0.15) is 0 Å². The molecule has 0 heterocycles. The summed E-state index contributed by atoms with van der Waals surface area (Å²) in [5.74, 6) is 0.909. The lowest BCUT2D eigenvalue weighted by Gasteiger charge is -2.38. The number of nitrogens with one attached hydrogen (secondary N) is 1. The Balaban J connectivity index is 2.50. The first kappa shape index (κ1) is 16.4. The lowest BCUT2D eigenvalue weighted by molar-refractivity contribution is -0.133. The number of amides is 1. The third-order valence-corrected chi connectivity index (χ3v) is 4.49. The summed E-state index contributed by atoms with van der Waals surface area (Å²) in [6.07, 6.45) is 5.11. The second kappa shape index (κ2) is 7.25. The Labute approximate surface area is 118 Å². The quantitative estimate of drug-likeness (QED) is 0.770. The molecule has 0 bridgehead atoms. The normalized spacial score (nSPS) is 29.3. The zero-order valence-electron chi connectivity index (χ0n) is 13.0. The van der Waals surface area contributed by atoms with Gasteiger partial charge in [-0.1, -0.05) is 6.92 Å². The summed E-state index contributed by atoms with van der Waals surface area (Å²) in [5.41, 5.74) is 5.61. The molecule has 0 saturated heterocycles. The molecule has 0 radical (unpaired) electrons. The van der Waals surface area contributed by atoms with E-state index in [0.29, 0.717) is 6.54 Å². The summed E-state index contributed by atoms with van der Waals surface area (Å²) in [4.78, 5) is 14.7. The molecule has 1 aliphatic rings. The zero-order valence-corrected chi connectivity index (χ0v) is 13.0. The first-order valence-corrected chi connectivity index (χ1v) is 7.55. The molecule has 1 unspecified atom stereocenters. The maximum atomic E-state index is 12.5. The van der Waals surface area contributed by atoms with E-state index < -0.39 is 0 Å². The van der Waals surface area contributed by atoms with Gasteiger partial charge in [0, 0.05) is 12.6 Å². The first-order chi connectivity index (χ1) is 8.89. The lowest BCUT2D eigenvalue weighted by Crippen LogP contribution is -2.50. The van der Waals surface area contributed by atoms with Gasteiger partial charge < -0.3 is 16.0 Å². The Kier molecular flexibility index (Phi) is 6.27. The van der Waals surface area contributed by atoms with Crippen molar-refractivity contribution in [2.75, 3.05) is 27.2 Å². The minimum Gasteiger partial charge on any atom is -0.353 e. The highest BCUT2D eigenvalue weighted by molar-refractivity contribution is 5.83. The lowest BCUT2D eigenvalue weighted by atomic mass is 9.70. The Hall–Kier alpha value is -0.610. The smallest absolute Gasteiger partial charge is 0.227 e. The first-order valence-electron chi connectivity index (χ1n) is 7.55. The molecule has 0 spiro atoms. The minimum atomic E-state index is -0.307. The van der Waals surface area contributed by atoms with Crippen LogP contribution in [0, 0.1) is 11.3 Å². The fraction of sp³-hybridized carbons (Fsp3) is 0.933. The Morgan fingerprint density at radius 1 is 1.42 bits per heavy atom. The molecule has 0 aliphatic heterocycles. The molecule has 112 valence electrons. The molecule has 1 saturated carbocycles. The van der Waals surface area contributed by atoms with Gasteiger partial charge in [0.15, 0.2) is 0 Å². The monoisotopic (exact) mass is 269 g/mol. The zero-order chi connectivity index (χ0) is 14.5. The van der Waals surface area contributed by atoms with Gasteiger partial charge in [0.05, 0.1) is 5.41 Å². The van der Waals surface area contributed by atoms with Crippen molar-refractivity contribution in [3.8, 4) is 0 Å². The molecule has 4 nitrogen and oxygen atoms in total. The number of rotatable bonds is 6. The van der Waals surface area contributed by atoms with E-state index in [1.165, 1.54) is 0 Å². The van der Waals surface area contributed by atoms with Crippen LogP contribution >= 0.6 is 0 Å². The number of hydrogen-bond donors (Lipinski definition) is 2. The Morgan fingerprint density at radius 2 is 2.00 bits per heavy atom. The number of hydrogen-bond acceptors (Lipinski definition) is 3. The van der Waals surface area contributed by atoms with Gasteiger partial charge in [0.1, 0.15) is 0 Å². The van der Waals surface area contributed by atoms with E-state index in [9.17, 15) is 4.79 Å². The van der Waals surface area contributed by atoms with Gasteiger partial charge in [0.25, 0.3) is 0 Å². The summed E-state index contributed by atoms with van der Waals surface area (Å²) in [5, 5.41) is 3.17. The van der Waals surface area contributed by atoms with Gasteiger partial charge >= 0.3 is 0 Å². The van der Waals surface area contributed by atoms with Gasteiger partial charge in [-0.15, -0.1) is 0 Å². The van der Waals surface area contributed by atoms with Crippen LogP contribution in [0.4, 0.5) is 0 Å². The predicted molar refractivity (Wildman–Crippen MR) is 79.9 cm³/mol. The molecule has 1 fully saturated rings. The predicted octanol–water partition coefficient (Wildman–Crippen LogP) is 1.60. The molecule has 1 rings (SSSR count). The molecule has 1 amide bonds. The van der Waals surface area contributed by atoms with Crippen LogP contribution < -0.4 is 11.1 Å². The average Bonchev–Trinajstić information content (AvgIpc) is 2.37. The Bertz CT molecular complexity index is 283. The van der Waals surface area contributed by atoms with Gasteiger partial charge in [-0.25, -0.2) is 0 Å². The summed E-state index contributed by atoms with van der Waals surface area (Å²) in [7, 11) is 4.11. The minimum absolute atomic E-state index is 0.174. The van der Waals surface area contributed by atoms with E-state index in [2.05, 4.69) is 38.2 Å². The molecule has 1 atom stereocenters. The van der Waals surface area contributed by atoms with E-state index in [1.807, 2.05) is 0 Å². The van der Waals surface area contributed by atoms with Gasteiger partial charge in [-0.05, 0) is 65.6 Å². The van der Waals surface area contributed by atoms with Crippen LogP contribution in [0.5, 0.6) is 0 Å². The topological polar surface area (TPSA) is 58.4 Å². The van der Waals surface area contributed by atoms with Crippen LogP contribution in [0.3, 0.4) is 0 Å². The van der Waals surface area contributed by atoms with Crippen molar-refractivity contribution >= 4 is 5.91 Å². The molecule has 3 N–H and O–H groups in total. The van der Waals surface area contributed by atoms with Crippen LogP contribution in [-0.2, 0) is 4.79 Å². The summed E-state index contributed by atoms with van der Waals surface area (Å²) in [6.45, 7) is 5.81. The molecule has 0 aromatic rings. The summed E-state index contributed by atoms with van der Waals surface area (Å²) in [6, 6.07) is 0.220. The van der Waals surface area contributed by atoms with Crippen molar-refractivity contribution < 1.29 is 4.79 Å². The summed E-state index contributed by atoms with van der Waals surface area (Å²) >= 11 is 0. The van der Waals surface area contributed by atoms with E-state index in [4.69, 9.17) is 5.73 Å². The van der Waals surface area contributed by atoms with E-state index >= 15 is 0 Å². The molecule has 0 aromatic carbocycles. The van der Waals surface area contributed by atoms with Crippen molar-refractivity contribution in [1.29, 1.82) is 0 Å². The van der Waals surface area contributed by atoms with Crippen molar-refractivity contribution in [2.45, 2.75) is 52.0 Å². The average molecular weight is 269 g/mol. The second-order valence-corrected chi connectivity index (χ2v) is 6.63. The number of nitrogens with zero attached hydrogens (tertiary/aromatic N) is 1. The SMILES string of the molecule is CC1CCC(CN)(C(=O)NC(C)CCN(C)C)CC1. The van der Waals surface area contributed by atoms with Crippen LogP contribution in [0.2, 0.25) is 0 Å². The third-order valence-electron chi connectivity index (χ3n) is 4.49. The fourth-order valence-electron chi connectivity index (χ4n) is 2.74. The molecule has 0 aromatic heterocycles. The van der Waals surface area contributed by atoms with Crippen molar-refractivity contribution in [3.05, 3.63) is 0 Å². The molecular formula is C15H31N3O. The van der Waals surface area contributed by atoms with Crippen molar-refractivity contribution in [3.63, 3.8) is 0 Å². The maximum Gasteiger partial charge on any atom is 0.227 e. The van der Waals surface area contributed by atoms with E-state index in [1.54, 1.807) is 0 Å². The fourth-order valence-corrected chi connectivity index (χ4v) is 2.74.